The molecule has 1 rings (SSSR count). The maximum Gasteiger partial charge on any atom is 0.101 e. The fourth-order valence-corrected chi connectivity index (χ4v) is 3.49. The predicted octanol–water partition coefficient (Wildman–Crippen LogP) is 3.27. The van der Waals surface area contributed by atoms with Crippen molar-refractivity contribution in [3.05, 3.63) is 12.7 Å². The van der Waals surface area contributed by atoms with Gasteiger partial charge in [0, 0.05) is 6.04 Å². The summed E-state index contributed by atoms with van der Waals surface area (Å²) < 4.78 is 14.2. The van der Waals surface area contributed by atoms with Gasteiger partial charge in [-0.1, -0.05) is 32.3 Å². The number of unbranched alkanes of at least 4 members (excludes halogenated alkanes) is 2. The number of rotatable bonds is 6. The molecule has 16 heavy (non-hydrogen) atoms. The van der Waals surface area contributed by atoms with Crippen molar-refractivity contribution in [1.82, 2.24) is 4.31 Å². The van der Waals surface area contributed by atoms with Gasteiger partial charge in [0.25, 0.3) is 0 Å². The molecule has 0 saturated carbocycles. The summed E-state index contributed by atoms with van der Waals surface area (Å²) in [7, 11) is -0.881. The summed E-state index contributed by atoms with van der Waals surface area (Å²) in [5.74, 6) is 0. The molecule has 94 valence electrons. The zero-order valence-electron chi connectivity index (χ0n) is 11.0. The van der Waals surface area contributed by atoms with Crippen LogP contribution in [0.25, 0.3) is 0 Å². The van der Waals surface area contributed by atoms with Gasteiger partial charge in [-0.05, 0) is 27.2 Å². The second-order valence-corrected chi connectivity index (χ2v) is 7.66. The van der Waals surface area contributed by atoms with Crippen molar-refractivity contribution in [3.63, 3.8) is 0 Å². The van der Waals surface area contributed by atoms with E-state index in [-0.39, 0.29) is 4.75 Å². The Balaban J connectivity index is 2.49. The molecule has 0 bridgehead atoms. The van der Waals surface area contributed by atoms with Crippen LogP contribution in [0.5, 0.6) is 0 Å². The van der Waals surface area contributed by atoms with Gasteiger partial charge in [0.05, 0.1) is 10.8 Å². The lowest BCUT2D eigenvalue weighted by atomic mass is 10.1. The molecule has 0 aromatic heterocycles. The first-order valence-electron chi connectivity index (χ1n) is 6.26. The number of nitrogens with zero attached hydrogens (tertiary/aromatic N) is 1. The van der Waals surface area contributed by atoms with Gasteiger partial charge in [-0.2, -0.15) is 0 Å². The highest BCUT2D eigenvalue weighted by molar-refractivity contribution is 7.84. The summed E-state index contributed by atoms with van der Waals surface area (Å²) in [6.45, 7) is 12.1. The van der Waals surface area contributed by atoms with Crippen LogP contribution in [0.3, 0.4) is 0 Å². The molecule has 0 amide bonds. The molecule has 2 nitrogen and oxygen atoms in total. The normalized spacial score (nSPS) is 31.1. The average molecular weight is 243 g/mol. The monoisotopic (exact) mass is 243 g/mol. The summed E-state index contributed by atoms with van der Waals surface area (Å²) in [5.41, 5.74) is 0. The molecule has 0 spiro atoms. The minimum Gasteiger partial charge on any atom is -0.242 e. The van der Waals surface area contributed by atoms with E-state index in [4.69, 9.17) is 0 Å². The molecule has 1 heterocycles. The molecule has 0 N–H and O–H groups in total. The summed E-state index contributed by atoms with van der Waals surface area (Å²) in [4.78, 5) is 0. The van der Waals surface area contributed by atoms with Crippen LogP contribution in [0, 0.1) is 0 Å². The van der Waals surface area contributed by atoms with Crippen molar-refractivity contribution in [2.75, 3.05) is 0 Å². The number of hydrogen-bond acceptors (Lipinski definition) is 1. The fraction of sp³-hybridized carbons (Fsp3) is 0.846. The van der Waals surface area contributed by atoms with E-state index in [0.29, 0.717) is 12.1 Å². The van der Waals surface area contributed by atoms with Crippen LogP contribution in [0.1, 0.15) is 53.4 Å². The first-order chi connectivity index (χ1) is 7.43. The van der Waals surface area contributed by atoms with Gasteiger partial charge in [-0.15, -0.1) is 6.58 Å². The molecule has 3 heteroatoms. The maximum absolute atomic E-state index is 12.2. The molecule has 4 atom stereocenters. The number of hydrogen-bond donors (Lipinski definition) is 0. The molecule has 1 fully saturated rings. The average Bonchev–Trinajstić information content (AvgIpc) is 2.89. The van der Waals surface area contributed by atoms with Crippen LogP contribution in [0.15, 0.2) is 12.7 Å². The quantitative estimate of drug-likeness (QED) is 0.398. The van der Waals surface area contributed by atoms with E-state index in [1.54, 1.807) is 0 Å². The molecular formula is C13H25NOS. The van der Waals surface area contributed by atoms with Crippen LogP contribution >= 0.6 is 0 Å². The van der Waals surface area contributed by atoms with E-state index >= 15 is 0 Å². The van der Waals surface area contributed by atoms with Crippen LogP contribution in [0.2, 0.25) is 0 Å². The summed E-state index contributed by atoms with van der Waals surface area (Å²) in [6.07, 6.45) is 6.86. The lowest BCUT2D eigenvalue weighted by Gasteiger charge is -2.18. The minimum absolute atomic E-state index is 0.152. The van der Waals surface area contributed by atoms with Gasteiger partial charge in [-0.25, -0.2) is 8.51 Å². The lowest BCUT2D eigenvalue weighted by Crippen LogP contribution is -2.28. The first-order valence-corrected chi connectivity index (χ1v) is 7.37. The molecule has 0 aromatic rings. The van der Waals surface area contributed by atoms with Crippen molar-refractivity contribution in [2.24, 2.45) is 0 Å². The maximum atomic E-state index is 12.2. The van der Waals surface area contributed by atoms with E-state index in [1.165, 1.54) is 19.3 Å². The van der Waals surface area contributed by atoms with Gasteiger partial charge in [0.1, 0.15) is 11.0 Å². The Morgan fingerprint density at radius 3 is 2.44 bits per heavy atom. The van der Waals surface area contributed by atoms with Crippen molar-refractivity contribution in [1.29, 1.82) is 0 Å². The minimum atomic E-state index is -0.881. The second-order valence-electron chi connectivity index (χ2n) is 5.51. The second kappa shape index (κ2) is 5.46. The smallest absolute Gasteiger partial charge is 0.101 e. The zero-order valence-corrected chi connectivity index (χ0v) is 11.8. The highest BCUT2D eigenvalue weighted by Crippen LogP contribution is 2.38. The third-order valence-corrected chi connectivity index (χ3v) is 4.93. The van der Waals surface area contributed by atoms with Crippen LogP contribution < -0.4 is 0 Å². The van der Waals surface area contributed by atoms with Gasteiger partial charge in [0.15, 0.2) is 0 Å². The first kappa shape index (κ1) is 13.9. The fourth-order valence-electron chi connectivity index (χ4n) is 1.99. The van der Waals surface area contributed by atoms with Crippen molar-refractivity contribution < 1.29 is 4.21 Å². The predicted molar refractivity (Wildman–Crippen MR) is 71.6 cm³/mol. The Morgan fingerprint density at radius 1 is 1.38 bits per heavy atom. The summed E-state index contributed by atoms with van der Waals surface area (Å²) in [5, 5.41) is 0. The van der Waals surface area contributed by atoms with E-state index < -0.39 is 11.0 Å². The van der Waals surface area contributed by atoms with Gasteiger partial charge in [-0.3, -0.25) is 0 Å². The Morgan fingerprint density at radius 2 is 2.00 bits per heavy atom. The van der Waals surface area contributed by atoms with Crippen molar-refractivity contribution in [2.45, 2.75) is 70.2 Å². The Bertz CT molecular complexity index is 270. The Kier molecular flexibility index (Phi) is 4.74. The molecule has 1 saturated heterocycles. The molecule has 1 aliphatic rings. The van der Waals surface area contributed by atoms with Gasteiger partial charge >= 0.3 is 0 Å². The molecule has 1 aliphatic heterocycles. The highest BCUT2D eigenvalue weighted by atomic mass is 32.2. The standard InChI is InChI=1S/C13H25NOS/c1-6-8-9-10-12-11(7-2)14(12)16(15)13(3,4)5/h7,11-12H,2,6,8-10H2,1,3-5H3/t11-,12+,14?,16+/m0/s1. The summed E-state index contributed by atoms with van der Waals surface area (Å²) >= 11 is 0. The summed E-state index contributed by atoms with van der Waals surface area (Å²) in [6, 6.07) is 0.820. The van der Waals surface area contributed by atoms with Crippen LogP contribution in [-0.2, 0) is 11.0 Å². The topological polar surface area (TPSA) is 20.1 Å². The molecular weight excluding hydrogens is 218 g/mol. The van der Waals surface area contributed by atoms with E-state index in [9.17, 15) is 4.21 Å². The van der Waals surface area contributed by atoms with Gasteiger partial charge in [0.2, 0.25) is 0 Å². The Hall–Kier alpha value is -0.150. The Labute approximate surface area is 103 Å². The van der Waals surface area contributed by atoms with Crippen LogP contribution in [0.4, 0.5) is 0 Å². The molecule has 0 aliphatic carbocycles. The zero-order chi connectivity index (χ0) is 12.3. The van der Waals surface area contributed by atoms with E-state index in [0.717, 1.165) is 6.42 Å². The van der Waals surface area contributed by atoms with Crippen molar-refractivity contribution in [3.8, 4) is 0 Å². The third-order valence-electron chi connectivity index (χ3n) is 2.99. The molecule has 1 unspecified atom stereocenters. The SMILES string of the molecule is C=C[C@H]1[C@@H](CCCCC)N1[S@](=O)C(C)(C)C. The molecule has 0 radical (unpaired) electrons. The van der Waals surface area contributed by atoms with E-state index in [2.05, 4.69) is 17.8 Å². The van der Waals surface area contributed by atoms with Crippen LogP contribution in [-0.4, -0.2) is 25.3 Å². The largest absolute Gasteiger partial charge is 0.242 e. The van der Waals surface area contributed by atoms with E-state index in [1.807, 2.05) is 26.8 Å². The highest BCUT2D eigenvalue weighted by Gasteiger charge is 2.51. The van der Waals surface area contributed by atoms with Gasteiger partial charge < -0.3 is 0 Å². The third kappa shape index (κ3) is 3.17. The van der Waals surface area contributed by atoms with Crippen molar-refractivity contribution >= 4 is 11.0 Å². The lowest BCUT2D eigenvalue weighted by molar-refractivity contribution is 0.578. The molecule has 0 aromatic carbocycles.